The largest absolute Gasteiger partial charge is 0.465 e. The zero-order chi connectivity index (χ0) is 23.1. The Hall–Kier alpha value is -3.54. The fourth-order valence-electron chi connectivity index (χ4n) is 3.90. The fraction of sp³-hybridized carbons (Fsp3) is 0.478. The topological polar surface area (TPSA) is 122 Å². The van der Waals surface area contributed by atoms with E-state index in [1.165, 1.54) is 9.13 Å². The number of amides is 3. The molecule has 0 saturated carbocycles. The lowest BCUT2D eigenvalue weighted by Gasteiger charge is -2.21. The van der Waals surface area contributed by atoms with Gasteiger partial charge in [-0.1, -0.05) is 31.1 Å². The van der Waals surface area contributed by atoms with Crippen LogP contribution in [-0.4, -0.2) is 38.7 Å². The summed E-state index contributed by atoms with van der Waals surface area (Å²) in [5.41, 5.74) is 1.85. The maximum atomic E-state index is 12.8. The van der Waals surface area contributed by atoms with Crippen molar-refractivity contribution >= 4 is 28.9 Å². The minimum atomic E-state index is -0.980. The van der Waals surface area contributed by atoms with E-state index in [-0.39, 0.29) is 18.0 Å². The maximum absolute atomic E-state index is 12.8. The molecule has 1 aromatic heterocycles. The van der Waals surface area contributed by atoms with Crippen LogP contribution in [0.15, 0.2) is 23.0 Å². The number of hydrogen-bond acceptors (Lipinski definition) is 4. The van der Waals surface area contributed by atoms with Gasteiger partial charge in [-0.3, -0.25) is 24.0 Å². The highest BCUT2D eigenvalue weighted by Crippen LogP contribution is 2.23. The number of unbranched alkanes of at least 4 members (excludes halogenated alkanes) is 5. The molecule has 0 spiro atoms. The summed E-state index contributed by atoms with van der Waals surface area (Å²) in [5, 5.41) is 13.2. The molecular weight excluding hydrogens is 412 g/mol. The maximum Gasteiger partial charge on any atom is 0.404 e. The van der Waals surface area contributed by atoms with Crippen LogP contribution in [0.3, 0.4) is 0 Å². The number of nitrogens with one attached hydrogen (secondary N) is 2. The van der Waals surface area contributed by atoms with Crippen molar-refractivity contribution in [3.63, 3.8) is 0 Å². The summed E-state index contributed by atoms with van der Waals surface area (Å²) >= 11 is 0. The van der Waals surface area contributed by atoms with Crippen LogP contribution in [0.4, 0.5) is 4.79 Å². The smallest absolute Gasteiger partial charge is 0.404 e. The molecule has 0 bridgehead atoms. The summed E-state index contributed by atoms with van der Waals surface area (Å²) < 4.78 is 2.96. The third kappa shape index (κ3) is 5.58. The van der Waals surface area contributed by atoms with Gasteiger partial charge in [-0.25, -0.2) is 9.59 Å². The van der Waals surface area contributed by atoms with E-state index >= 15 is 0 Å². The fourth-order valence-corrected chi connectivity index (χ4v) is 3.90. The number of imidazole rings is 1. The number of fused-ring (bicyclic) bond motifs is 1. The molecule has 1 aromatic carbocycles. The van der Waals surface area contributed by atoms with E-state index in [9.17, 15) is 19.2 Å². The van der Waals surface area contributed by atoms with E-state index in [1.807, 2.05) is 12.1 Å². The highest BCUT2D eigenvalue weighted by molar-refractivity contribution is 6.00. The zero-order valence-corrected chi connectivity index (χ0v) is 18.1. The number of piperidine rings is 1. The quantitative estimate of drug-likeness (QED) is 0.330. The highest BCUT2D eigenvalue weighted by atomic mass is 16.4. The first-order chi connectivity index (χ1) is 15.4. The molecule has 32 heavy (non-hydrogen) atoms. The average Bonchev–Trinajstić information content (AvgIpc) is 2.99. The summed E-state index contributed by atoms with van der Waals surface area (Å²) in [6.45, 7) is 0.491. The van der Waals surface area contributed by atoms with Gasteiger partial charge in [0, 0.05) is 32.0 Å². The molecule has 1 unspecified atom stereocenters. The van der Waals surface area contributed by atoms with E-state index in [1.54, 1.807) is 13.1 Å². The van der Waals surface area contributed by atoms with Gasteiger partial charge in [-0.05, 0) is 37.5 Å². The van der Waals surface area contributed by atoms with Crippen molar-refractivity contribution < 1.29 is 19.5 Å². The van der Waals surface area contributed by atoms with Gasteiger partial charge >= 0.3 is 11.8 Å². The molecule has 2 aromatic rings. The number of nitrogens with zero attached hydrogens (tertiary/aromatic N) is 2. The molecule has 9 nitrogen and oxygen atoms in total. The van der Waals surface area contributed by atoms with Crippen molar-refractivity contribution in [2.24, 2.45) is 7.05 Å². The van der Waals surface area contributed by atoms with E-state index in [4.69, 9.17) is 5.11 Å². The van der Waals surface area contributed by atoms with Crippen LogP contribution in [-0.2, 0) is 16.6 Å². The van der Waals surface area contributed by atoms with Gasteiger partial charge in [0.1, 0.15) is 6.04 Å². The van der Waals surface area contributed by atoms with Crippen molar-refractivity contribution in [1.82, 2.24) is 19.8 Å². The number of rotatable bonds is 8. The summed E-state index contributed by atoms with van der Waals surface area (Å²) in [7, 11) is 1.66. The molecule has 3 amide bonds. The third-order valence-electron chi connectivity index (χ3n) is 5.60. The lowest BCUT2D eigenvalue weighted by Crippen LogP contribution is -2.44. The van der Waals surface area contributed by atoms with Crippen molar-refractivity contribution in [2.45, 2.75) is 57.4 Å². The van der Waals surface area contributed by atoms with E-state index in [2.05, 4.69) is 22.5 Å². The van der Waals surface area contributed by atoms with E-state index in [0.29, 0.717) is 24.0 Å². The van der Waals surface area contributed by atoms with Crippen molar-refractivity contribution in [3.8, 4) is 11.8 Å². The SMILES string of the molecule is Cn1c(=O)n(C2CCC(=O)NC2=O)c2ccc(C#CCCCCCCCNC(=O)O)cc21. The normalized spacial score (nSPS) is 15.8. The lowest BCUT2D eigenvalue weighted by atomic mass is 10.1. The van der Waals surface area contributed by atoms with Gasteiger partial charge in [0.05, 0.1) is 11.0 Å². The Bertz CT molecular complexity index is 1130. The number of carbonyl (C=O) groups is 3. The Morgan fingerprint density at radius 3 is 2.66 bits per heavy atom. The van der Waals surface area contributed by atoms with Gasteiger partial charge in [0.25, 0.3) is 0 Å². The van der Waals surface area contributed by atoms with Crippen LogP contribution in [0.5, 0.6) is 0 Å². The average molecular weight is 441 g/mol. The molecule has 0 aliphatic carbocycles. The molecule has 3 rings (SSSR count). The Morgan fingerprint density at radius 1 is 1.16 bits per heavy atom. The number of benzene rings is 1. The number of hydrogen-bond donors (Lipinski definition) is 3. The second-order valence-corrected chi connectivity index (χ2v) is 7.93. The molecular formula is C23H28N4O5. The molecule has 1 saturated heterocycles. The number of aromatic nitrogens is 2. The monoisotopic (exact) mass is 440 g/mol. The molecule has 9 heteroatoms. The van der Waals surface area contributed by atoms with Crippen molar-refractivity contribution in [1.29, 1.82) is 0 Å². The Labute approximate surface area is 185 Å². The second kappa shape index (κ2) is 10.7. The predicted octanol–water partition coefficient (Wildman–Crippen LogP) is 2.28. The highest BCUT2D eigenvalue weighted by Gasteiger charge is 2.31. The van der Waals surface area contributed by atoms with E-state index < -0.39 is 18.0 Å². The molecule has 1 aliphatic rings. The number of carboxylic acid groups (broad SMARTS) is 1. The molecule has 170 valence electrons. The predicted molar refractivity (Wildman–Crippen MR) is 119 cm³/mol. The summed E-state index contributed by atoms with van der Waals surface area (Å²) in [4.78, 5) is 46.8. The summed E-state index contributed by atoms with van der Waals surface area (Å²) in [6.07, 6.45) is 5.20. The molecule has 3 N–H and O–H groups in total. The molecule has 1 aliphatic heterocycles. The Morgan fingerprint density at radius 2 is 1.91 bits per heavy atom. The number of imide groups is 1. The van der Waals surface area contributed by atoms with Gasteiger partial charge in [0.15, 0.2) is 0 Å². The molecule has 2 heterocycles. The Kier molecular flexibility index (Phi) is 7.71. The van der Waals surface area contributed by atoms with Crippen LogP contribution >= 0.6 is 0 Å². The Balaban J connectivity index is 1.58. The standard InChI is InChI=1S/C23H28N4O5/c1-26-19-15-16(9-7-5-3-2-4-6-8-14-24-22(30)31)10-11-17(19)27(23(26)32)18-12-13-20(28)25-21(18)29/h10-11,15,18,24H,2-6,8,12-14H2,1H3,(H,30,31)(H,25,28,29). The summed E-state index contributed by atoms with van der Waals surface area (Å²) in [6, 6.07) is 4.80. The first kappa shape index (κ1) is 23.1. The minimum absolute atomic E-state index is 0.210. The van der Waals surface area contributed by atoms with Crippen LogP contribution < -0.4 is 16.3 Å². The first-order valence-corrected chi connectivity index (χ1v) is 10.9. The minimum Gasteiger partial charge on any atom is -0.465 e. The van der Waals surface area contributed by atoms with Gasteiger partial charge in [-0.2, -0.15) is 0 Å². The lowest BCUT2D eigenvalue weighted by molar-refractivity contribution is -0.135. The van der Waals surface area contributed by atoms with Gasteiger partial charge < -0.3 is 10.4 Å². The van der Waals surface area contributed by atoms with Crippen molar-refractivity contribution in [2.75, 3.05) is 6.54 Å². The van der Waals surface area contributed by atoms with Crippen LogP contribution in [0.2, 0.25) is 0 Å². The third-order valence-corrected chi connectivity index (χ3v) is 5.60. The van der Waals surface area contributed by atoms with Gasteiger partial charge in [0.2, 0.25) is 11.8 Å². The van der Waals surface area contributed by atoms with Crippen LogP contribution in [0.25, 0.3) is 11.0 Å². The van der Waals surface area contributed by atoms with Crippen LogP contribution in [0.1, 0.15) is 63.0 Å². The molecule has 0 radical (unpaired) electrons. The number of aryl methyl sites for hydroxylation is 1. The van der Waals surface area contributed by atoms with Gasteiger partial charge in [-0.15, -0.1) is 0 Å². The van der Waals surface area contributed by atoms with E-state index in [0.717, 1.165) is 44.1 Å². The number of carbonyl (C=O) groups excluding carboxylic acids is 2. The molecule has 1 atom stereocenters. The summed E-state index contributed by atoms with van der Waals surface area (Å²) in [5.74, 6) is 5.54. The zero-order valence-electron chi connectivity index (χ0n) is 18.1. The van der Waals surface area contributed by atoms with Crippen molar-refractivity contribution in [3.05, 3.63) is 34.2 Å². The first-order valence-electron chi connectivity index (χ1n) is 10.9. The second-order valence-electron chi connectivity index (χ2n) is 7.93. The van der Waals surface area contributed by atoms with Crippen LogP contribution in [0, 0.1) is 11.8 Å². The molecule has 1 fully saturated rings.